The van der Waals surface area contributed by atoms with Crippen LogP contribution in [0.1, 0.15) is 16.7 Å². The van der Waals surface area contributed by atoms with Crippen molar-refractivity contribution in [2.45, 2.75) is 19.3 Å². The van der Waals surface area contributed by atoms with Gasteiger partial charge in [-0.15, -0.1) is 0 Å². The number of ether oxygens (including phenoxy) is 1. The van der Waals surface area contributed by atoms with Crippen molar-refractivity contribution in [2.24, 2.45) is 0 Å². The first kappa shape index (κ1) is 10.4. The van der Waals surface area contributed by atoms with Crippen molar-refractivity contribution in [3.63, 3.8) is 0 Å². The Hall–Kier alpha value is -1.76. The Kier molecular flexibility index (Phi) is 2.83. The molecule has 2 aromatic rings. The Morgan fingerprint density at radius 3 is 2.59 bits per heavy atom. The molecule has 0 spiro atoms. The van der Waals surface area contributed by atoms with Crippen molar-refractivity contribution in [2.75, 3.05) is 6.61 Å². The maximum atomic E-state index is 5.52. The van der Waals surface area contributed by atoms with Crippen molar-refractivity contribution in [3.05, 3.63) is 65.2 Å². The van der Waals surface area contributed by atoms with E-state index in [0.29, 0.717) is 0 Å². The molecule has 1 aliphatic heterocycles. The van der Waals surface area contributed by atoms with Crippen LogP contribution in [0, 0.1) is 0 Å². The van der Waals surface area contributed by atoms with Gasteiger partial charge in [0, 0.05) is 6.42 Å². The number of aryl methyl sites for hydroxylation is 2. The fourth-order valence-corrected chi connectivity index (χ4v) is 2.33. The summed E-state index contributed by atoms with van der Waals surface area (Å²) in [6.45, 7) is 0.845. The molecule has 1 aliphatic rings. The molecule has 0 unspecified atom stereocenters. The van der Waals surface area contributed by atoms with Crippen LogP contribution in [0.4, 0.5) is 0 Å². The third-order valence-electron chi connectivity index (χ3n) is 3.30. The van der Waals surface area contributed by atoms with E-state index < -0.39 is 0 Å². The Labute approximate surface area is 102 Å². The molecule has 0 aromatic heterocycles. The lowest BCUT2D eigenvalue weighted by atomic mass is 10.0. The van der Waals surface area contributed by atoms with Crippen LogP contribution in [-0.2, 0) is 19.3 Å². The van der Waals surface area contributed by atoms with Crippen molar-refractivity contribution >= 4 is 0 Å². The van der Waals surface area contributed by atoms with Gasteiger partial charge in [0.2, 0.25) is 0 Å². The summed E-state index contributed by atoms with van der Waals surface area (Å²) in [5, 5.41) is 0. The second-order valence-electron chi connectivity index (χ2n) is 4.53. The predicted octanol–water partition coefficient (Wildman–Crippen LogP) is 3.41. The van der Waals surface area contributed by atoms with E-state index in [1.54, 1.807) is 0 Å². The summed E-state index contributed by atoms with van der Waals surface area (Å²) in [6.07, 6.45) is 3.28. The van der Waals surface area contributed by atoms with Crippen LogP contribution >= 0.6 is 0 Å². The van der Waals surface area contributed by atoms with E-state index in [0.717, 1.165) is 31.6 Å². The van der Waals surface area contributed by atoms with Crippen LogP contribution in [0.5, 0.6) is 5.75 Å². The van der Waals surface area contributed by atoms with Gasteiger partial charge < -0.3 is 4.74 Å². The number of rotatable bonds is 3. The van der Waals surface area contributed by atoms with Gasteiger partial charge in [-0.25, -0.2) is 0 Å². The Bertz CT molecular complexity index is 502. The normalized spacial score (nSPS) is 13.2. The topological polar surface area (TPSA) is 9.23 Å². The van der Waals surface area contributed by atoms with Crippen molar-refractivity contribution < 1.29 is 4.74 Å². The van der Waals surface area contributed by atoms with Gasteiger partial charge in [0.25, 0.3) is 0 Å². The number of benzene rings is 2. The van der Waals surface area contributed by atoms with E-state index in [2.05, 4.69) is 48.5 Å². The molecule has 0 saturated carbocycles. The lowest BCUT2D eigenvalue weighted by Gasteiger charge is -2.04. The smallest absolute Gasteiger partial charge is 0.122 e. The van der Waals surface area contributed by atoms with Crippen LogP contribution in [0.2, 0.25) is 0 Å². The highest BCUT2D eigenvalue weighted by atomic mass is 16.5. The van der Waals surface area contributed by atoms with E-state index >= 15 is 0 Å². The molecule has 0 fully saturated rings. The fraction of sp³-hybridized carbons (Fsp3) is 0.250. The van der Waals surface area contributed by atoms with E-state index in [-0.39, 0.29) is 0 Å². The van der Waals surface area contributed by atoms with Crippen molar-refractivity contribution in [3.8, 4) is 5.75 Å². The van der Waals surface area contributed by atoms with Gasteiger partial charge in [0.1, 0.15) is 5.75 Å². The molecule has 1 heteroatoms. The predicted molar refractivity (Wildman–Crippen MR) is 69.5 cm³/mol. The van der Waals surface area contributed by atoms with E-state index in [4.69, 9.17) is 4.74 Å². The molecule has 0 atom stereocenters. The lowest BCUT2D eigenvalue weighted by Crippen LogP contribution is -1.91. The SMILES string of the molecule is c1ccc(CCc2ccc3c(c2)CCO3)cc1. The third kappa shape index (κ3) is 2.33. The fourth-order valence-electron chi connectivity index (χ4n) is 2.33. The number of hydrogen-bond acceptors (Lipinski definition) is 1. The molecular formula is C16H16O. The van der Waals surface area contributed by atoms with Gasteiger partial charge in [-0.05, 0) is 35.6 Å². The van der Waals surface area contributed by atoms with Crippen molar-refractivity contribution in [1.82, 2.24) is 0 Å². The zero-order valence-electron chi connectivity index (χ0n) is 9.86. The molecule has 0 N–H and O–H groups in total. The molecule has 1 heterocycles. The molecule has 0 radical (unpaired) electrons. The number of fused-ring (bicyclic) bond motifs is 1. The highest BCUT2D eigenvalue weighted by Gasteiger charge is 2.11. The van der Waals surface area contributed by atoms with Gasteiger partial charge in [0.15, 0.2) is 0 Å². The van der Waals surface area contributed by atoms with E-state index in [1.807, 2.05) is 0 Å². The zero-order valence-corrected chi connectivity index (χ0v) is 9.86. The Morgan fingerprint density at radius 2 is 1.71 bits per heavy atom. The summed E-state index contributed by atoms with van der Waals surface area (Å²) < 4.78 is 5.52. The molecule has 3 rings (SSSR count). The summed E-state index contributed by atoms with van der Waals surface area (Å²) in [6, 6.07) is 17.3. The van der Waals surface area contributed by atoms with E-state index in [1.165, 1.54) is 16.7 Å². The van der Waals surface area contributed by atoms with Gasteiger partial charge in [-0.1, -0.05) is 42.5 Å². The first-order valence-electron chi connectivity index (χ1n) is 6.20. The largest absolute Gasteiger partial charge is 0.493 e. The summed E-state index contributed by atoms with van der Waals surface area (Å²) in [5.41, 5.74) is 4.19. The Balaban J connectivity index is 1.70. The van der Waals surface area contributed by atoms with Crippen LogP contribution < -0.4 is 4.74 Å². The zero-order chi connectivity index (χ0) is 11.5. The minimum atomic E-state index is 0.845. The number of hydrogen-bond donors (Lipinski definition) is 0. The second kappa shape index (κ2) is 4.62. The van der Waals surface area contributed by atoms with Gasteiger partial charge >= 0.3 is 0 Å². The van der Waals surface area contributed by atoms with Crippen LogP contribution in [-0.4, -0.2) is 6.61 Å². The second-order valence-corrected chi connectivity index (χ2v) is 4.53. The monoisotopic (exact) mass is 224 g/mol. The average molecular weight is 224 g/mol. The first-order valence-corrected chi connectivity index (χ1v) is 6.20. The van der Waals surface area contributed by atoms with Crippen LogP contribution in [0.25, 0.3) is 0 Å². The van der Waals surface area contributed by atoms with Crippen molar-refractivity contribution in [1.29, 1.82) is 0 Å². The molecule has 0 amide bonds. The van der Waals surface area contributed by atoms with Crippen LogP contribution in [0.15, 0.2) is 48.5 Å². The summed E-state index contributed by atoms with van der Waals surface area (Å²) in [5.74, 6) is 1.08. The highest BCUT2D eigenvalue weighted by Crippen LogP contribution is 2.26. The lowest BCUT2D eigenvalue weighted by molar-refractivity contribution is 0.357. The van der Waals surface area contributed by atoms with Gasteiger partial charge in [-0.3, -0.25) is 0 Å². The molecule has 1 nitrogen and oxygen atoms in total. The standard InChI is InChI=1S/C16H16O/c1-2-4-13(5-3-1)6-7-14-8-9-16-15(12-14)10-11-17-16/h1-5,8-9,12H,6-7,10-11H2. The van der Waals surface area contributed by atoms with E-state index in [9.17, 15) is 0 Å². The highest BCUT2D eigenvalue weighted by molar-refractivity contribution is 5.40. The Morgan fingerprint density at radius 1 is 0.882 bits per heavy atom. The molecule has 17 heavy (non-hydrogen) atoms. The molecule has 0 bridgehead atoms. The van der Waals surface area contributed by atoms with Crippen LogP contribution in [0.3, 0.4) is 0 Å². The quantitative estimate of drug-likeness (QED) is 0.776. The molecule has 86 valence electrons. The van der Waals surface area contributed by atoms with Gasteiger partial charge in [-0.2, -0.15) is 0 Å². The maximum absolute atomic E-state index is 5.52. The minimum Gasteiger partial charge on any atom is -0.493 e. The molecule has 0 saturated heterocycles. The minimum absolute atomic E-state index is 0.845. The first-order chi connectivity index (χ1) is 8.42. The molecular weight excluding hydrogens is 208 g/mol. The average Bonchev–Trinajstić information content (AvgIpc) is 2.85. The maximum Gasteiger partial charge on any atom is 0.122 e. The summed E-state index contributed by atoms with van der Waals surface area (Å²) in [4.78, 5) is 0. The summed E-state index contributed by atoms with van der Waals surface area (Å²) >= 11 is 0. The summed E-state index contributed by atoms with van der Waals surface area (Å²) in [7, 11) is 0. The molecule has 2 aromatic carbocycles. The third-order valence-corrected chi connectivity index (χ3v) is 3.30. The molecule has 0 aliphatic carbocycles. The van der Waals surface area contributed by atoms with Gasteiger partial charge in [0.05, 0.1) is 6.61 Å².